The number of carbonyl (C=O) groups is 1. The van der Waals surface area contributed by atoms with Crippen LogP contribution in [0.1, 0.15) is 60.3 Å². The third kappa shape index (κ3) is 7.34. The SMILES string of the molecule is CCCCC(CC)Nc1ccc(NC(=O)OC(C)(C)C)cc1. The molecule has 1 atom stereocenters. The Labute approximate surface area is 134 Å². The third-order valence-electron chi connectivity index (χ3n) is 3.30. The fourth-order valence-electron chi connectivity index (χ4n) is 2.14. The van der Waals surface area contributed by atoms with Gasteiger partial charge in [0.2, 0.25) is 0 Å². The number of ether oxygens (including phenoxy) is 1. The molecule has 0 fully saturated rings. The number of anilines is 2. The van der Waals surface area contributed by atoms with E-state index in [1.165, 1.54) is 19.3 Å². The Balaban J connectivity index is 2.53. The largest absolute Gasteiger partial charge is 0.444 e. The molecule has 4 nitrogen and oxygen atoms in total. The lowest BCUT2D eigenvalue weighted by Crippen LogP contribution is -2.27. The van der Waals surface area contributed by atoms with Crippen molar-refractivity contribution in [3.05, 3.63) is 24.3 Å². The fourth-order valence-corrected chi connectivity index (χ4v) is 2.14. The second kappa shape index (κ2) is 8.66. The standard InChI is InChI=1S/C18H30N2O2/c1-6-8-9-14(7-2)19-15-10-12-16(13-11-15)20-17(21)22-18(3,4)5/h10-14,19H,6-9H2,1-5H3,(H,20,21). The number of benzene rings is 1. The van der Waals surface area contributed by atoms with Crippen molar-refractivity contribution >= 4 is 17.5 Å². The predicted octanol–water partition coefficient (Wildman–Crippen LogP) is 5.41. The second-order valence-electron chi connectivity index (χ2n) is 6.60. The van der Waals surface area contributed by atoms with Crippen molar-refractivity contribution in [1.29, 1.82) is 0 Å². The molecule has 2 N–H and O–H groups in total. The van der Waals surface area contributed by atoms with Crippen molar-refractivity contribution in [2.24, 2.45) is 0 Å². The van der Waals surface area contributed by atoms with Crippen molar-refractivity contribution in [3.8, 4) is 0 Å². The molecule has 0 radical (unpaired) electrons. The number of amides is 1. The number of nitrogens with one attached hydrogen (secondary N) is 2. The molecular formula is C18H30N2O2. The van der Waals surface area contributed by atoms with E-state index in [-0.39, 0.29) is 0 Å². The molecule has 0 heterocycles. The maximum Gasteiger partial charge on any atom is 0.412 e. The lowest BCUT2D eigenvalue weighted by Gasteiger charge is -2.20. The number of hydrogen-bond acceptors (Lipinski definition) is 3. The summed E-state index contributed by atoms with van der Waals surface area (Å²) >= 11 is 0. The monoisotopic (exact) mass is 306 g/mol. The second-order valence-corrected chi connectivity index (χ2v) is 6.60. The van der Waals surface area contributed by atoms with Crippen LogP contribution in [-0.2, 0) is 4.74 Å². The lowest BCUT2D eigenvalue weighted by atomic mass is 10.1. The van der Waals surface area contributed by atoms with Gasteiger partial charge in [-0.05, 0) is 57.9 Å². The van der Waals surface area contributed by atoms with Crippen molar-refractivity contribution < 1.29 is 9.53 Å². The predicted molar refractivity (Wildman–Crippen MR) is 93.5 cm³/mol. The number of rotatable bonds is 7. The third-order valence-corrected chi connectivity index (χ3v) is 3.30. The van der Waals surface area contributed by atoms with Gasteiger partial charge in [0.05, 0.1) is 0 Å². The average Bonchev–Trinajstić information content (AvgIpc) is 2.43. The number of carbonyl (C=O) groups excluding carboxylic acids is 1. The van der Waals surface area contributed by atoms with Crippen molar-refractivity contribution in [2.45, 2.75) is 71.9 Å². The van der Waals surface area contributed by atoms with Crippen LogP contribution in [0.15, 0.2) is 24.3 Å². The summed E-state index contributed by atoms with van der Waals surface area (Å²) in [5.74, 6) is 0. The van der Waals surface area contributed by atoms with Crippen molar-refractivity contribution in [1.82, 2.24) is 0 Å². The van der Waals surface area contributed by atoms with Gasteiger partial charge in [-0.15, -0.1) is 0 Å². The zero-order valence-corrected chi connectivity index (χ0v) is 14.5. The van der Waals surface area contributed by atoms with E-state index in [1.807, 2.05) is 45.0 Å². The van der Waals surface area contributed by atoms with Gasteiger partial charge in [0.1, 0.15) is 5.60 Å². The summed E-state index contributed by atoms with van der Waals surface area (Å²) < 4.78 is 5.23. The van der Waals surface area contributed by atoms with Gasteiger partial charge < -0.3 is 10.1 Å². The molecule has 1 rings (SSSR count). The summed E-state index contributed by atoms with van der Waals surface area (Å²) in [6, 6.07) is 8.25. The first kappa shape index (κ1) is 18.3. The van der Waals surface area contributed by atoms with E-state index in [1.54, 1.807) is 0 Å². The molecular weight excluding hydrogens is 276 g/mol. The van der Waals surface area contributed by atoms with E-state index in [2.05, 4.69) is 24.5 Å². The summed E-state index contributed by atoms with van der Waals surface area (Å²) in [5, 5.41) is 6.28. The molecule has 0 aromatic heterocycles. The molecule has 124 valence electrons. The van der Waals surface area contributed by atoms with Gasteiger partial charge in [0.15, 0.2) is 0 Å². The molecule has 1 aromatic rings. The van der Waals surface area contributed by atoms with E-state index in [0.717, 1.165) is 17.8 Å². The van der Waals surface area contributed by atoms with Crippen LogP contribution >= 0.6 is 0 Å². The highest BCUT2D eigenvalue weighted by molar-refractivity contribution is 5.85. The first-order chi connectivity index (χ1) is 10.3. The molecule has 1 amide bonds. The summed E-state index contributed by atoms with van der Waals surface area (Å²) in [6.07, 6.45) is 4.33. The normalized spacial score (nSPS) is 12.6. The Morgan fingerprint density at radius 3 is 2.23 bits per heavy atom. The van der Waals surface area contributed by atoms with E-state index in [9.17, 15) is 4.79 Å². The van der Waals surface area contributed by atoms with Crippen LogP contribution in [0.5, 0.6) is 0 Å². The Morgan fingerprint density at radius 1 is 1.14 bits per heavy atom. The van der Waals surface area contributed by atoms with E-state index >= 15 is 0 Å². The molecule has 4 heteroatoms. The van der Waals surface area contributed by atoms with Crippen LogP contribution in [0.25, 0.3) is 0 Å². The zero-order chi connectivity index (χ0) is 16.6. The molecule has 0 saturated carbocycles. The molecule has 1 aromatic carbocycles. The maximum absolute atomic E-state index is 11.7. The first-order valence-corrected chi connectivity index (χ1v) is 8.20. The molecule has 0 aliphatic rings. The minimum atomic E-state index is -0.487. The van der Waals surface area contributed by atoms with Crippen LogP contribution in [-0.4, -0.2) is 17.7 Å². The smallest absolute Gasteiger partial charge is 0.412 e. The molecule has 1 unspecified atom stereocenters. The van der Waals surface area contributed by atoms with Gasteiger partial charge in [-0.25, -0.2) is 4.79 Å². The number of hydrogen-bond donors (Lipinski definition) is 2. The van der Waals surface area contributed by atoms with Crippen LogP contribution in [0, 0.1) is 0 Å². The first-order valence-electron chi connectivity index (χ1n) is 8.20. The minimum absolute atomic E-state index is 0.428. The quantitative estimate of drug-likeness (QED) is 0.707. The Bertz CT molecular complexity index is 449. The molecule has 0 aliphatic heterocycles. The van der Waals surface area contributed by atoms with Crippen molar-refractivity contribution in [3.63, 3.8) is 0 Å². The highest BCUT2D eigenvalue weighted by atomic mass is 16.6. The van der Waals surface area contributed by atoms with Gasteiger partial charge in [-0.3, -0.25) is 5.32 Å². The van der Waals surface area contributed by atoms with Gasteiger partial charge >= 0.3 is 6.09 Å². The van der Waals surface area contributed by atoms with E-state index < -0.39 is 11.7 Å². The van der Waals surface area contributed by atoms with Gasteiger partial charge in [-0.2, -0.15) is 0 Å². The molecule has 0 spiro atoms. The fraction of sp³-hybridized carbons (Fsp3) is 0.611. The molecule has 0 aliphatic carbocycles. The zero-order valence-electron chi connectivity index (χ0n) is 14.5. The Morgan fingerprint density at radius 2 is 1.73 bits per heavy atom. The number of unbranched alkanes of at least 4 members (excludes halogenated alkanes) is 1. The van der Waals surface area contributed by atoms with E-state index in [4.69, 9.17) is 4.74 Å². The van der Waals surface area contributed by atoms with Gasteiger partial charge in [0.25, 0.3) is 0 Å². The van der Waals surface area contributed by atoms with Crippen LogP contribution in [0.2, 0.25) is 0 Å². The molecule has 22 heavy (non-hydrogen) atoms. The summed E-state index contributed by atoms with van der Waals surface area (Å²) in [7, 11) is 0. The molecule has 0 bridgehead atoms. The van der Waals surface area contributed by atoms with Crippen LogP contribution in [0.3, 0.4) is 0 Å². The highest BCUT2D eigenvalue weighted by Crippen LogP contribution is 2.18. The topological polar surface area (TPSA) is 50.4 Å². The highest BCUT2D eigenvalue weighted by Gasteiger charge is 2.16. The van der Waals surface area contributed by atoms with Gasteiger partial charge in [0, 0.05) is 17.4 Å². The maximum atomic E-state index is 11.7. The van der Waals surface area contributed by atoms with E-state index in [0.29, 0.717) is 6.04 Å². The van der Waals surface area contributed by atoms with Crippen LogP contribution in [0.4, 0.5) is 16.2 Å². The summed E-state index contributed by atoms with van der Waals surface area (Å²) in [6.45, 7) is 9.96. The average molecular weight is 306 g/mol. The van der Waals surface area contributed by atoms with Gasteiger partial charge in [-0.1, -0.05) is 26.7 Å². The molecule has 0 saturated heterocycles. The minimum Gasteiger partial charge on any atom is -0.444 e. The lowest BCUT2D eigenvalue weighted by molar-refractivity contribution is 0.0636. The Kier molecular flexibility index (Phi) is 7.22. The summed E-state index contributed by atoms with van der Waals surface area (Å²) in [5.41, 5.74) is 1.33. The van der Waals surface area contributed by atoms with Crippen LogP contribution < -0.4 is 10.6 Å². The summed E-state index contributed by atoms with van der Waals surface area (Å²) in [4.78, 5) is 11.7. The Hall–Kier alpha value is -1.71. The van der Waals surface area contributed by atoms with Crippen molar-refractivity contribution in [2.75, 3.05) is 10.6 Å².